The van der Waals surface area contributed by atoms with E-state index in [9.17, 15) is 4.79 Å². The summed E-state index contributed by atoms with van der Waals surface area (Å²) in [6, 6.07) is 11.5. The molecule has 1 aromatic carbocycles. The number of carbonyl (C=O) groups excluding carboxylic acids is 1. The quantitative estimate of drug-likeness (QED) is 0.720. The Hall–Kier alpha value is -2.86. The molecule has 1 aliphatic rings. The van der Waals surface area contributed by atoms with Crippen molar-refractivity contribution in [1.29, 1.82) is 0 Å². The smallest absolute Gasteiger partial charge is 0.255 e. The molecule has 1 amide bonds. The molecule has 0 spiro atoms. The average Bonchev–Trinajstić information content (AvgIpc) is 2.67. The summed E-state index contributed by atoms with van der Waals surface area (Å²) in [6.45, 7) is 3.37. The molecule has 0 saturated carbocycles. The second kappa shape index (κ2) is 6.57. The molecule has 6 heteroatoms. The van der Waals surface area contributed by atoms with Crippen LogP contribution in [-0.2, 0) is 4.74 Å². The van der Waals surface area contributed by atoms with Crippen LogP contribution in [0.5, 0.6) is 0 Å². The second-order valence-corrected chi connectivity index (χ2v) is 6.06. The SMILES string of the molecule is Cc1nccc([C@H]2CN(C(=O)c3cnc4ccccc4c3)CCO2)n1. The predicted octanol–water partition coefficient (Wildman–Crippen LogP) is 2.55. The molecule has 0 N–H and O–H groups in total. The van der Waals surface area contributed by atoms with Gasteiger partial charge in [0.1, 0.15) is 11.9 Å². The van der Waals surface area contributed by atoms with Crippen molar-refractivity contribution in [3.05, 3.63) is 65.9 Å². The molecule has 1 fully saturated rings. The van der Waals surface area contributed by atoms with Crippen molar-refractivity contribution in [1.82, 2.24) is 19.9 Å². The molecule has 0 aliphatic carbocycles. The van der Waals surface area contributed by atoms with E-state index >= 15 is 0 Å². The van der Waals surface area contributed by atoms with Gasteiger partial charge in [0, 0.05) is 24.3 Å². The predicted molar refractivity (Wildman–Crippen MR) is 93.1 cm³/mol. The van der Waals surface area contributed by atoms with Gasteiger partial charge in [-0.3, -0.25) is 9.78 Å². The lowest BCUT2D eigenvalue weighted by Gasteiger charge is -2.32. The zero-order chi connectivity index (χ0) is 17.2. The van der Waals surface area contributed by atoms with Crippen LogP contribution >= 0.6 is 0 Å². The number of amides is 1. The Morgan fingerprint density at radius 1 is 1.24 bits per heavy atom. The maximum absolute atomic E-state index is 12.9. The summed E-state index contributed by atoms with van der Waals surface area (Å²) in [7, 11) is 0. The van der Waals surface area contributed by atoms with Crippen molar-refractivity contribution < 1.29 is 9.53 Å². The first kappa shape index (κ1) is 15.7. The number of nitrogens with zero attached hydrogens (tertiary/aromatic N) is 4. The van der Waals surface area contributed by atoms with Crippen molar-refractivity contribution in [3.63, 3.8) is 0 Å². The minimum Gasteiger partial charge on any atom is -0.368 e. The molecule has 4 rings (SSSR count). The van der Waals surface area contributed by atoms with Crippen LogP contribution in [0.1, 0.15) is 28.0 Å². The number of pyridine rings is 1. The van der Waals surface area contributed by atoms with Gasteiger partial charge in [-0.25, -0.2) is 9.97 Å². The molecule has 0 radical (unpaired) electrons. The first-order valence-electron chi connectivity index (χ1n) is 8.26. The standard InChI is InChI=1S/C19H18N4O2/c1-13-20-7-6-17(22-13)18-12-23(8-9-25-18)19(24)15-10-14-4-2-3-5-16(14)21-11-15/h2-7,10-11,18H,8-9,12H2,1H3/t18-/m1/s1. The van der Waals surface area contributed by atoms with Crippen LogP contribution < -0.4 is 0 Å². The number of para-hydroxylation sites is 1. The highest BCUT2D eigenvalue weighted by Crippen LogP contribution is 2.22. The minimum atomic E-state index is -0.229. The van der Waals surface area contributed by atoms with Crippen LogP contribution in [0.4, 0.5) is 0 Å². The Morgan fingerprint density at radius 2 is 2.12 bits per heavy atom. The van der Waals surface area contributed by atoms with Gasteiger partial charge in [0.05, 0.1) is 29.9 Å². The van der Waals surface area contributed by atoms with Crippen LogP contribution in [0.3, 0.4) is 0 Å². The zero-order valence-electron chi connectivity index (χ0n) is 13.9. The number of carbonyl (C=O) groups is 1. The largest absolute Gasteiger partial charge is 0.368 e. The van der Waals surface area contributed by atoms with E-state index in [2.05, 4.69) is 15.0 Å². The Labute approximate surface area is 145 Å². The van der Waals surface area contributed by atoms with Crippen LogP contribution in [0.15, 0.2) is 48.8 Å². The first-order valence-corrected chi connectivity index (χ1v) is 8.26. The van der Waals surface area contributed by atoms with Gasteiger partial charge in [-0.2, -0.15) is 0 Å². The molecule has 0 bridgehead atoms. The van der Waals surface area contributed by atoms with E-state index in [0.717, 1.165) is 16.6 Å². The normalized spacial score (nSPS) is 17.6. The molecule has 1 aliphatic heterocycles. The second-order valence-electron chi connectivity index (χ2n) is 6.06. The average molecular weight is 334 g/mol. The maximum atomic E-state index is 12.9. The number of benzene rings is 1. The summed E-state index contributed by atoms with van der Waals surface area (Å²) in [5.41, 5.74) is 2.29. The van der Waals surface area contributed by atoms with Crippen molar-refractivity contribution in [2.24, 2.45) is 0 Å². The Bertz CT molecular complexity index is 928. The van der Waals surface area contributed by atoms with Crippen molar-refractivity contribution in [2.75, 3.05) is 19.7 Å². The molecule has 1 saturated heterocycles. The summed E-state index contributed by atoms with van der Waals surface area (Å²) in [5, 5.41) is 0.963. The molecule has 6 nitrogen and oxygen atoms in total. The lowest BCUT2D eigenvalue weighted by Crippen LogP contribution is -2.42. The van der Waals surface area contributed by atoms with E-state index in [1.165, 1.54) is 0 Å². The molecular formula is C19H18N4O2. The molecule has 3 aromatic rings. The van der Waals surface area contributed by atoms with Gasteiger partial charge in [0.2, 0.25) is 0 Å². The lowest BCUT2D eigenvalue weighted by molar-refractivity contribution is -0.0248. The molecule has 3 heterocycles. The Kier molecular flexibility index (Phi) is 4.11. The molecule has 2 aromatic heterocycles. The monoisotopic (exact) mass is 334 g/mol. The fourth-order valence-electron chi connectivity index (χ4n) is 3.04. The third-order valence-electron chi connectivity index (χ3n) is 4.32. The van der Waals surface area contributed by atoms with Gasteiger partial charge >= 0.3 is 0 Å². The number of hydrogen-bond donors (Lipinski definition) is 0. The fraction of sp³-hybridized carbons (Fsp3) is 0.263. The first-order chi connectivity index (χ1) is 12.2. The van der Waals surface area contributed by atoms with E-state index in [1.54, 1.807) is 17.3 Å². The summed E-state index contributed by atoms with van der Waals surface area (Å²) < 4.78 is 5.81. The van der Waals surface area contributed by atoms with Gasteiger partial charge in [-0.1, -0.05) is 18.2 Å². The summed E-state index contributed by atoms with van der Waals surface area (Å²) in [5.74, 6) is 0.667. The topological polar surface area (TPSA) is 68.2 Å². The van der Waals surface area contributed by atoms with Crippen LogP contribution in [0.2, 0.25) is 0 Å². The van der Waals surface area contributed by atoms with Gasteiger partial charge in [0.25, 0.3) is 5.91 Å². The van der Waals surface area contributed by atoms with Gasteiger partial charge in [0.15, 0.2) is 0 Å². The highest BCUT2D eigenvalue weighted by molar-refractivity contribution is 5.97. The minimum absolute atomic E-state index is 0.0302. The summed E-state index contributed by atoms with van der Waals surface area (Å²) in [6.07, 6.45) is 3.13. The van der Waals surface area contributed by atoms with Crippen LogP contribution in [0.25, 0.3) is 10.9 Å². The van der Waals surface area contributed by atoms with Crippen LogP contribution in [0, 0.1) is 6.92 Å². The van der Waals surface area contributed by atoms with Crippen molar-refractivity contribution >= 4 is 16.8 Å². The van der Waals surface area contributed by atoms with Crippen molar-refractivity contribution in [2.45, 2.75) is 13.0 Å². The third-order valence-corrected chi connectivity index (χ3v) is 4.32. The van der Waals surface area contributed by atoms with E-state index < -0.39 is 0 Å². The number of hydrogen-bond acceptors (Lipinski definition) is 5. The molecule has 1 atom stereocenters. The highest BCUT2D eigenvalue weighted by Gasteiger charge is 2.27. The Morgan fingerprint density at radius 3 is 3.00 bits per heavy atom. The number of fused-ring (bicyclic) bond motifs is 1. The summed E-state index contributed by atoms with van der Waals surface area (Å²) in [4.78, 5) is 27.6. The lowest BCUT2D eigenvalue weighted by atomic mass is 10.1. The Balaban J connectivity index is 1.56. The van der Waals surface area contributed by atoms with E-state index in [0.29, 0.717) is 31.1 Å². The summed E-state index contributed by atoms with van der Waals surface area (Å²) >= 11 is 0. The fourth-order valence-corrected chi connectivity index (χ4v) is 3.04. The number of morpholine rings is 1. The van der Waals surface area contributed by atoms with Gasteiger partial charge in [-0.15, -0.1) is 0 Å². The van der Waals surface area contributed by atoms with E-state index in [-0.39, 0.29) is 12.0 Å². The third kappa shape index (κ3) is 3.21. The molecular weight excluding hydrogens is 316 g/mol. The number of ether oxygens (including phenoxy) is 1. The van der Waals surface area contributed by atoms with Crippen LogP contribution in [-0.4, -0.2) is 45.5 Å². The zero-order valence-corrected chi connectivity index (χ0v) is 13.9. The number of rotatable bonds is 2. The molecule has 0 unspecified atom stereocenters. The number of aryl methyl sites for hydroxylation is 1. The van der Waals surface area contributed by atoms with E-state index in [1.807, 2.05) is 43.3 Å². The highest BCUT2D eigenvalue weighted by atomic mass is 16.5. The van der Waals surface area contributed by atoms with Gasteiger partial charge < -0.3 is 9.64 Å². The molecule has 126 valence electrons. The van der Waals surface area contributed by atoms with Gasteiger partial charge in [-0.05, 0) is 25.1 Å². The molecule has 25 heavy (non-hydrogen) atoms. The van der Waals surface area contributed by atoms with Crippen molar-refractivity contribution in [3.8, 4) is 0 Å². The maximum Gasteiger partial charge on any atom is 0.255 e. The number of aromatic nitrogens is 3. The van der Waals surface area contributed by atoms with E-state index in [4.69, 9.17) is 4.74 Å².